The fourth-order valence-corrected chi connectivity index (χ4v) is 2.52. The third kappa shape index (κ3) is 4.30. The van der Waals surface area contributed by atoms with E-state index in [4.69, 9.17) is 4.74 Å². The van der Waals surface area contributed by atoms with Crippen LogP contribution in [0.3, 0.4) is 0 Å². The van der Waals surface area contributed by atoms with Crippen LogP contribution >= 0.6 is 0 Å². The predicted octanol–water partition coefficient (Wildman–Crippen LogP) is 2.75. The highest BCUT2D eigenvalue weighted by atomic mass is 16.5. The topological polar surface area (TPSA) is 38.3 Å². The Hall–Kier alpha value is -0.570. The maximum Gasteiger partial charge on any atom is 0.313 e. The standard InChI is InChI=1S/C14H27NO2/c1-4-7-14(8-9-15-11-14)13(16)17-10-5-6-12(2)3/h12,15H,4-11H2,1-3H3. The smallest absolute Gasteiger partial charge is 0.313 e. The molecule has 0 saturated carbocycles. The van der Waals surface area contributed by atoms with Crippen molar-refractivity contribution in [3.05, 3.63) is 0 Å². The van der Waals surface area contributed by atoms with Gasteiger partial charge in [0.1, 0.15) is 0 Å². The lowest BCUT2D eigenvalue weighted by atomic mass is 9.82. The Balaban J connectivity index is 2.33. The van der Waals surface area contributed by atoms with Crippen LogP contribution in [0.5, 0.6) is 0 Å². The van der Waals surface area contributed by atoms with Crippen LogP contribution in [0.4, 0.5) is 0 Å². The summed E-state index contributed by atoms with van der Waals surface area (Å²) in [7, 11) is 0. The van der Waals surface area contributed by atoms with Gasteiger partial charge in [-0.2, -0.15) is 0 Å². The Morgan fingerprint density at radius 3 is 2.76 bits per heavy atom. The van der Waals surface area contributed by atoms with E-state index in [1.807, 2.05) is 0 Å². The molecule has 17 heavy (non-hydrogen) atoms. The highest BCUT2D eigenvalue weighted by Gasteiger charge is 2.41. The first-order valence-electron chi connectivity index (χ1n) is 6.98. The SMILES string of the molecule is CCCC1(C(=O)OCCCC(C)C)CCNC1. The molecule has 1 saturated heterocycles. The van der Waals surface area contributed by atoms with Crippen LogP contribution in [0.15, 0.2) is 0 Å². The summed E-state index contributed by atoms with van der Waals surface area (Å²) in [5, 5.41) is 3.29. The second-order valence-corrected chi connectivity index (χ2v) is 5.63. The van der Waals surface area contributed by atoms with Crippen molar-refractivity contribution in [1.82, 2.24) is 5.32 Å². The van der Waals surface area contributed by atoms with E-state index >= 15 is 0 Å². The van der Waals surface area contributed by atoms with Crippen LogP contribution in [0.2, 0.25) is 0 Å². The normalized spacial score (nSPS) is 24.2. The van der Waals surface area contributed by atoms with Gasteiger partial charge in [0.15, 0.2) is 0 Å². The van der Waals surface area contributed by atoms with Gasteiger partial charge in [-0.3, -0.25) is 4.79 Å². The predicted molar refractivity (Wildman–Crippen MR) is 69.9 cm³/mol. The van der Waals surface area contributed by atoms with Crippen LogP contribution < -0.4 is 5.32 Å². The lowest BCUT2D eigenvalue weighted by Crippen LogP contribution is -2.35. The Bertz CT molecular complexity index is 232. The van der Waals surface area contributed by atoms with E-state index in [0.717, 1.165) is 45.2 Å². The number of rotatable bonds is 7. The van der Waals surface area contributed by atoms with Crippen molar-refractivity contribution >= 4 is 5.97 Å². The van der Waals surface area contributed by atoms with Crippen molar-refractivity contribution in [1.29, 1.82) is 0 Å². The maximum absolute atomic E-state index is 12.1. The maximum atomic E-state index is 12.1. The van der Waals surface area contributed by atoms with E-state index in [1.165, 1.54) is 0 Å². The van der Waals surface area contributed by atoms with Gasteiger partial charge < -0.3 is 10.1 Å². The summed E-state index contributed by atoms with van der Waals surface area (Å²) >= 11 is 0. The number of hydrogen-bond donors (Lipinski definition) is 1. The van der Waals surface area contributed by atoms with Gasteiger partial charge in [0, 0.05) is 6.54 Å². The average molecular weight is 241 g/mol. The molecule has 0 bridgehead atoms. The van der Waals surface area contributed by atoms with E-state index in [1.54, 1.807) is 0 Å². The Morgan fingerprint density at radius 1 is 1.47 bits per heavy atom. The lowest BCUT2D eigenvalue weighted by molar-refractivity contribution is -0.155. The van der Waals surface area contributed by atoms with Gasteiger partial charge in [-0.1, -0.05) is 27.2 Å². The molecule has 1 atom stereocenters. The quantitative estimate of drug-likeness (QED) is 0.550. The highest BCUT2D eigenvalue weighted by Crippen LogP contribution is 2.32. The third-order valence-electron chi connectivity index (χ3n) is 3.56. The summed E-state index contributed by atoms with van der Waals surface area (Å²) in [6.07, 6.45) is 5.04. The molecule has 1 fully saturated rings. The summed E-state index contributed by atoms with van der Waals surface area (Å²) in [4.78, 5) is 12.1. The molecule has 1 N–H and O–H groups in total. The van der Waals surface area contributed by atoms with E-state index in [-0.39, 0.29) is 11.4 Å². The molecule has 1 aliphatic heterocycles. The van der Waals surface area contributed by atoms with Crippen molar-refractivity contribution < 1.29 is 9.53 Å². The number of carbonyl (C=O) groups excluding carboxylic acids is 1. The molecule has 3 nitrogen and oxygen atoms in total. The molecule has 1 rings (SSSR count). The average Bonchev–Trinajstić information content (AvgIpc) is 2.74. The van der Waals surface area contributed by atoms with Crippen LogP contribution in [-0.4, -0.2) is 25.7 Å². The van der Waals surface area contributed by atoms with E-state index in [2.05, 4.69) is 26.1 Å². The number of ether oxygens (including phenoxy) is 1. The molecule has 0 aromatic rings. The molecule has 0 aromatic carbocycles. The van der Waals surface area contributed by atoms with Crippen molar-refractivity contribution in [3.8, 4) is 0 Å². The van der Waals surface area contributed by atoms with E-state index in [9.17, 15) is 4.79 Å². The van der Waals surface area contributed by atoms with Crippen molar-refractivity contribution in [2.24, 2.45) is 11.3 Å². The summed E-state index contributed by atoms with van der Waals surface area (Å²) in [6, 6.07) is 0. The van der Waals surface area contributed by atoms with Gasteiger partial charge in [0.25, 0.3) is 0 Å². The van der Waals surface area contributed by atoms with E-state index in [0.29, 0.717) is 12.5 Å². The van der Waals surface area contributed by atoms with Gasteiger partial charge in [-0.15, -0.1) is 0 Å². The lowest BCUT2D eigenvalue weighted by Gasteiger charge is -2.25. The molecule has 0 radical (unpaired) electrons. The first-order valence-corrected chi connectivity index (χ1v) is 6.98. The van der Waals surface area contributed by atoms with Gasteiger partial charge in [-0.25, -0.2) is 0 Å². The van der Waals surface area contributed by atoms with Crippen molar-refractivity contribution in [2.45, 2.75) is 52.9 Å². The van der Waals surface area contributed by atoms with E-state index < -0.39 is 0 Å². The first-order chi connectivity index (χ1) is 8.10. The molecule has 0 spiro atoms. The highest BCUT2D eigenvalue weighted by molar-refractivity contribution is 5.77. The first kappa shape index (κ1) is 14.5. The summed E-state index contributed by atoms with van der Waals surface area (Å²) in [5.74, 6) is 0.708. The van der Waals surface area contributed by atoms with Crippen LogP contribution in [0.1, 0.15) is 52.9 Å². The molecule has 1 aliphatic rings. The Morgan fingerprint density at radius 2 is 2.24 bits per heavy atom. The zero-order valence-corrected chi connectivity index (χ0v) is 11.6. The molecule has 0 amide bonds. The fraction of sp³-hybridized carbons (Fsp3) is 0.929. The summed E-state index contributed by atoms with van der Waals surface area (Å²) < 4.78 is 5.45. The second kappa shape index (κ2) is 7.00. The fourth-order valence-electron chi connectivity index (χ4n) is 2.52. The van der Waals surface area contributed by atoms with Crippen LogP contribution in [0.25, 0.3) is 0 Å². The molecule has 0 aliphatic carbocycles. The van der Waals surface area contributed by atoms with Gasteiger partial charge in [0.05, 0.1) is 12.0 Å². The van der Waals surface area contributed by atoms with Crippen LogP contribution in [-0.2, 0) is 9.53 Å². The summed E-state index contributed by atoms with van der Waals surface area (Å²) in [5.41, 5.74) is -0.230. The number of esters is 1. The molecular weight excluding hydrogens is 214 g/mol. The summed E-state index contributed by atoms with van der Waals surface area (Å²) in [6.45, 7) is 8.85. The molecule has 0 aromatic heterocycles. The number of nitrogens with one attached hydrogen (secondary N) is 1. The molecule has 1 heterocycles. The second-order valence-electron chi connectivity index (χ2n) is 5.63. The minimum Gasteiger partial charge on any atom is -0.465 e. The zero-order valence-electron chi connectivity index (χ0n) is 11.6. The van der Waals surface area contributed by atoms with Crippen LogP contribution in [0, 0.1) is 11.3 Å². The third-order valence-corrected chi connectivity index (χ3v) is 3.56. The minimum absolute atomic E-state index is 0.0214. The Kier molecular flexibility index (Phi) is 5.96. The molecule has 1 unspecified atom stereocenters. The Labute approximate surface area is 105 Å². The number of carbonyl (C=O) groups is 1. The molecule has 3 heteroatoms. The molecular formula is C14H27NO2. The van der Waals surface area contributed by atoms with Crippen molar-refractivity contribution in [2.75, 3.05) is 19.7 Å². The minimum atomic E-state index is -0.230. The van der Waals surface area contributed by atoms with Crippen molar-refractivity contribution in [3.63, 3.8) is 0 Å². The zero-order chi connectivity index (χ0) is 12.7. The van der Waals surface area contributed by atoms with Gasteiger partial charge in [-0.05, 0) is 38.1 Å². The number of hydrogen-bond acceptors (Lipinski definition) is 3. The van der Waals surface area contributed by atoms with Gasteiger partial charge >= 0.3 is 5.97 Å². The molecule has 100 valence electrons. The van der Waals surface area contributed by atoms with Gasteiger partial charge in [0.2, 0.25) is 0 Å². The largest absolute Gasteiger partial charge is 0.465 e. The monoisotopic (exact) mass is 241 g/mol.